The third kappa shape index (κ3) is 5.25. The van der Waals surface area contributed by atoms with Gasteiger partial charge in [-0.25, -0.2) is 9.59 Å². The largest absolute Gasteiger partial charge is 0.479 e. The van der Waals surface area contributed by atoms with E-state index in [1.165, 1.54) is 6.33 Å². The Balaban J connectivity index is 2.05. The average Bonchev–Trinajstić information content (AvgIpc) is 2.81. The normalized spacial score (nSPS) is 11.8. The highest BCUT2D eigenvalue weighted by atomic mass is 16.5. The maximum absolute atomic E-state index is 11.2. The standard InChI is InChI=1S/C9H14N4O5/c14-6(8(15)16)1-3-10-9(17)11-4-2-7-12-5-13-18-7/h5-6,14H,1-4H2,(H,15,16)(H2,10,11,17). The van der Waals surface area contributed by atoms with Gasteiger partial charge in [-0.1, -0.05) is 5.16 Å². The van der Waals surface area contributed by atoms with E-state index in [2.05, 4.69) is 20.8 Å². The first-order valence-corrected chi connectivity index (χ1v) is 5.27. The topological polar surface area (TPSA) is 138 Å². The van der Waals surface area contributed by atoms with E-state index in [-0.39, 0.29) is 13.0 Å². The Kier molecular flexibility index (Phi) is 5.58. The molecule has 1 heterocycles. The van der Waals surface area contributed by atoms with Gasteiger partial charge in [0.2, 0.25) is 5.89 Å². The van der Waals surface area contributed by atoms with Gasteiger partial charge in [-0.15, -0.1) is 0 Å². The number of carboxylic acids is 1. The van der Waals surface area contributed by atoms with E-state index in [1.807, 2.05) is 0 Å². The van der Waals surface area contributed by atoms with Crippen molar-refractivity contribution in [2.75, 3.05) is 13.1 Å². The van der Waals surface area contributed by atoms with Crippen molar-refractivity contribution in [3.05, 3.63) is 12.2 Å². The summed E-state index contributed by atoms with van der Waals surface area (Å²) >= 11 is 0. The molecule has 1 unspecified atom stereocenters. The van der Waals surface area contributed by atoms with Gasteiger partial charge in [-0.2, -0.15) is 4.98 Å². The molecule has 0 bridgehead atoms. The predicted octanol–water partition coefficient (Wildman–Crippen LogP) is -1.25. The van der Waals surface area contributed by atoms with E-state index in [0.29, 0.717) is 18.9 Å². The highest BCUT2D eigenvalue weighted by Crippen LogP contribution is 1.91. The van der Waals surface area contributed by atoms with Gasteiger partial charge < -0.3 is 25.4 Å². The number of carboxylic acid groups (broad SMARTS) is 1. The van der Waals surface area contributed by atoms with Crippen molar-refractivity contribution < 1.29 is 24.3 Å². The van der Waals surface area contributed by atoms with Gasteiger partial charge in [-0.3, -0.25) is 0 Å². The molecule has 1 rings (SSSR count). The van der Waals surface area contributed by atoms with Crippen LogP contribution in [0.4, 0.5) is 4.79 Å². The number of aliphatic hydroxyl groups excluding tert-OH is 1. The number of hydrogen-bond acceptors (Lipinski definition) is 6. The third-order valence-corrected chi connectivity index (χ3v) is 2.02. The number of nitrogens with one attached hydrogen (secondary N) is 2. The molecule has 100 valence electrons. The monoisotopic (exact) mass is 258 g/mol. The van der Waals surface area contributed by atoms with Crippen LogP contribution in [0, 0.1) is 0 Å². The Morgan fingerprint density at radius 1 is 1.39 bits per heavy atom. The van der Waals surface area contributed by atoms with E-state index in [9.17, 15) is 9.59 Å². The number of urea groups is 1. The summed E-state index contributed by atoms with van der Waals surface area (Å²) in [5.41, 5.74) is 0. The number of aliphatic hydroxyl groups is 1. The van der Waals surface area contributed by atoms with Crippen molar-refractivity contribution in [1.29, 1.82) is 0 Å². The number of carbonyl (C=O) groups excluding carboxylic acids is 1. The van der Waals surface area contributed by atoms with Crippen molar-refractivity contribution in [3.8, 4) is 0 Å². The molecule has 0 spiro atoms. The Morgan fingerprint density at radius 3 is 2.72 bits per heavy atom. The van der Waals surface area contributed by atoms with Crippen LogP contribution >= 0.6 is 0 Å². The van der Waals surface area contributed by atoms with E-state index < -0.39 is 18.1 Å². The molecule has 0 radical (unpaired) electrons. The second-order valence-corrected chi connectivity index (χ2v) is 3.41. The molecule has 0 aromatic carbocycles. The second-order valence-electron chi connectivity index (χ2n) is 3.41. The van der Waals surface area contributed by atoms with Gasteiger partial charge in [0.25, 0.3) is 0 Å². The summed E-state index contributed by atoms with van der Waals surface area (Å²) in [6.45, 7) is 0.384. The summed E-state index contributed by atoms with van der Waals surface area (Å²) < 4.78 is 4.72. The Labute approximate surface area is 102 Å². The van der Waals surface area contributed by atoms with Crippen molar-refractivity contribution in [2.45, 2.75) is 18.9 Å². The molecule has 0 fully saturated rings. The first-order chi connectivity index (χ1) is 8.59. The molecular formula is C9H14N4O5. The number of rotatable bonds is 7. The van der Waals surface area contributed by atoms with E-state index in [1.54, 1.807) is 0 Å². The first kappa shape index (κ1) is 13.9. The lowest BCUT2D eigenvalue weighted by molar-refractivity contribution is -0.146. The van der Waals surface area contributed by atoms with Gasteiger partial charge >= 0.3 is 12.0 Å². The zero-order valence-corrected chi connectivity index (χ0v) is 9.50. The smallest absolute Gasteiger partial charge is 0.332 e. The van der Waals surface area contributed by atoms with Gasteiger partial charge in [0.05, 0.1) is 0 Å². The average molecular weight is 258 g/mol. The minimum Gasteiger partial charge on any atom is -0.479 e. The quantitative estimate of drug-likeness (QED) is 0.479. The molecule has 0 aliphatic rings. The summed E-state index contributed by atoms with van der Waals surface area (Å²) in [5, 5.41) is 25.7. The van der Waals surface area contributed by atoms with Crippen LogP contribution in [0.3, 0.4) is 0 Å². The SMILES string of the molecule is O=C(NCCc1ncno1)NCCC(O)C(=O)O. The Bertz CT molecular complexity index is 380. The van der Waals surface area contributed by atoms with Crippen LogP contribution in [0.1, 0.15) is 12.3 Å². The van der Waals surface area contributed by atoms with E-state index >= 15 is 0 Å². The number of nitrogens with zero attached hydrogens (tertiary/aromatic N) is 2. The highest BCUT2D eigenvalue weighted by Gasteiger charge is 2.12. The molecule has 9 heteroatoms. The minimum atomic E-state index is -1.47. The molecule has 0 aliphatic heterocycles. The lowest BCUT2D eigenvalue weighted by atomic mass is 10.2. The molecule has 1 atom stereocenters. The van der Waals surface area contributed by atoms with Crippen LogP contribution in [-0.4, -0.2) is 51.5 Å². The maximum Gasteiger partial charge on any atom is 0.332 e. The summed E-state index contributed by atoms with van der Waals surface area (Å²) in [5.74, 6) is -0.898. The molecule has 1 aromatic heterocycles. The molecule has 1 aromatic rings. The van der Waals surface area contributed by atoms with E-state index in [4.69, 9.17) is 14.7 Å². The van der Waals surface area contributed by atoms with Crippen molar-refractivity contribution in [3.63, 3.8) is 0 Å². The molecular weight excluding hydrogens is 244 g/mol. The maximum atomic E-state index is 11.2. The second kappa shape index (κ2) is 7.22. The van der Waals surface area contributed by atoms with Crippen molar-refractivity contribution >= 4 is 12.0 Å². The zero-order valence-electron chi connectivity index (χ0n) is 9.50. The van der Waals surface area contributed by atoms with E-state index in [0.717, 1.165) is 0 Å². The molecule has 2 amide bonds. The third-order valence-electron chi connectivity index (χ3n) is 2.02. The van der Waals surface area contributed by atoms with Crippen LogP contribution in [-0.2, 0) is 11.2 Å². The van der Waals surface area contributed by atoms with Crippen molar-refractivity contribution in [2.24, 2.45) is 0 Å². The minimum absolute atomic E-state index is 0.0492. The Hall–Kier alpha value is -2.16. The summed E-state index contributed by atoms with van der Waals surface area (Å²) in [6, 6.07) is -0.452. The number of hydrogen-bond donors (Lipinski definition) is 4. The number of aromatic nitrogens is 2. The molecule has 4 N–H and O–H groups in total. The number of amides is 2. The number of aliphatic carboxylic acids is 1. The zero-order chi connectivity index (χ0) is 13.4. The molecule has 0 saturated heterocycles. The van der Waals surface area contributed by atoms with Gasteiger partial charge in [0.1, 0.15) is 0 Å². The predicted molar refractivity (Wildman–Crippen MR) is 57.7 cm³/mol. The Morgan fingerprint density at radius 2 is 2.11 bits per heavy atom. The van der Waals surface area contributed by atoms with Crippen LogP contribution in [0.25, 0.3) is 0 Å². The van der Waals surface area contributed by atoms with Crippen LogP contribution < -0.4 is 10.6 Å². The van der Waals surface area contributed by atoms with Crippen LogP contribution in [0.15, 0.2) is 10.9 Å². The van der Waals surface area contributed by atoms with Crippen molar-refractivity contribution in [1.82, 2.24) is 20.8 Å². The van der Waals surface area contributed by atoms with Gasteiger partial charge in [0, 0.05) is 25.9 Å². The van der Waals surface area contributed by atoms with Gasteiger partial charge in [0.15, 0.2) is 12.4 Å². The fraction of sp³-hybridized carbons (Fsp3) is 0.556. The molecule has 0 aliphatic carbocycles. The highest BCUT2D eigenvalue weighted by molar-refractivity contribution is 5.74. The summed E-state index contributed by atoms with van der Waals surface area (Å²) in [4.78, 5) is 25.3. The van der Waals surface area contributed by atoms with Gasteiger partial charge in [-0.05, 0) is 0 Å². The van der Waals surface area contributed by atoms with Crippen LogP contribution in [0.5, 0.6) is 0 Å². The summed E-state index contributed by atoms with van der Waals surface area (Å²) in [6.07, 6.45) is 0.156. The molecule has 18 heavy (non-hydrogen) atoms. The fourth-order valence-electron chi connectivity index (χ4n) is 1.10. The molecule has 0 saturated carbocycles. The molecule has 9 nitrogen and oxygen atoms in total. The van der Waals surface area contributed by atoms with Crippen LogP contribution in [0.2, 0.25) is 0 Å². The first-order valence-electron chi connectivity index (χ1n) is 5.27. The fourth-order valence-corrected chi connectivity index (χ4v) is 1.10. The summed E-state index contributed by atoms with van der Waals surface area (Å²) in [7, 11) is 0. The lowest BCUT2D eigenvalue weighted by Crippen LogP contribution is -2.38. The lowest BCUT2D eigenvalue weighted by Gasteiger charge is -2.08. The number of carbonyl (C=O) groups is 2.